The predicted molar refractivity (Wildman–Crippen MR) is 70.8 cm³/mol. The van der Waals surface area contributed by atoms with Crippen LogP contribution in [0.3, 0.4) is 0 Å². The largest absolute Gasteiger partial charge is 0.323 e. The van der Waals surface area contributed by atoms with E-state index in [0.717, 1.165) is 12.1 Å². The Balaban J connectivity index is 1.99. The maximum Gasteiger partial charge on any atom is 0.0538 e. The molecule has 0 spiro atoms. The quantitative estimate of drug-likeness (QED) is 0.491. The van der Waals surface area contributed by atoms with Crippen molar-refractivity contribution in [1.29, 1.82) is 0 Å². The van der Waals surface area contributed by atoms with Crippen LogP contribution in [0.1, 0.15) is 11.1 Å². The van der Waals surface area contributed by atoms with Crippen molar-refractivity contribution in [2.45, 2.75) is 6.54 Å². The molecule has 1 saturated heterocycles. The molecule has 1 fully saturated rings. The Bertz CT molecular complexity index is 359. The monoisotopic (exact) mass is 235 g/mol. The molecule has 4 heteroatoms. The fourth-order valence-corrected chi connectivity index (χ4v) is 2.85. The van der Waals surface area contributed by atoms with Crippen molar-refractivity contribution in [3.63, 3.8) is 0 Å². The molecule has 0 atom stereocenters. The summed E-state index contributed by atoms with van der Waals surface area (Å²) in [5.41, 5.74) is 2.41. The fraction of sp³-hybridized carbons (Fsp3) is 0.417. The van der Waals surface area contributed by atoms with Crippen LogP contribution < -0.4 is 5.84 Å². The minimum atomic E-state index is 1.03. The zero-order valence-electron chi connectivity index (χ0n) is 9.30. The maximum atomic E-state index is 5.15. The molecule has 1 heterocycles. The molecule has 0 bridgehead atoms. The third kappa shape index (κ3) is 3.25. The SMILES string of the molecule is NN=Cc1cccc(CN2CCSCC2)c1. The van der Waals surface area contributed by atoms with Gasteiger partial charge < -0.3 is 5.84 Å². The summed E-state index contributed by atoms with van der Waals surface area (Å²) in [4.78, 5) is 2.50. The third-order valence-corrected chi connectivity index (χ3v) is 3.63. The van der Waals surface area contributed by atoms with E-state index >= 15 is 0 Å². The lowest BCUT2D eigenvalue weighted by atomic mass is 10.1. The zero-order valence-corrected chi connectivity index (χ0v) is 10.1. The van der Waals surface area contributed by atoms with Crippen LogP contribution in [0.4, 0.5) is 0 Å². The van der Waals surface area contributed by atoms with Gasteiger partial charge in [-0.15, -0.1) is 0 Å². The van der Waals surface area contributed by atoms with Gasteiger partial charge >= 0.3 is 0 Å². The van der Waals surface area contributed by atoms with Crippen LogP contribution in [0.5, 0.6) is 0 Å². The number of nitrogens with two attached hydrogens (primary N) is 1. The summed E-state index contributed by atoms with van der Waals surface area (Å²) in [6, 6.07) is 8.39. The van der Waals surface area contributed by atoms with Crippen molar-refractivity contribution in [3.8, 4) is 0 Å². The smallest absolute Gasteiger partial charge is 0.0538 e. The van der Waals surface area contributed by atoms with Crippen LogP contribution in [0.2, 0.25) is 0 Å². The highest BCUT2D eigenvalue weighted by Gasteiger charge is 2.10. The number of nitrogens with zero attached hydrogens (tertiary/aromatic N) is 2. The highest BCUT2D eigenvalue weighted by molar-refractivity contribution is 7.99. The van der Waals surface area contributed by atoms with Gasteiger partial charge in [0.1, 0.15) is 0 Å². The van der Waals surface area contributed by atoms with Crippen LogP contribution in [0, 0.1) is 0 Å². The molecule has 0 amide bonds. The van der Waals surface area contributed by atoms with Crippen molar-refractivity contribution >= 4 is 18.0 Å². The lowest BCUT2D eigenvalue weighted by Crippen LogP contribution is -2.31. The average molecular weight is 235 g/mol. The molecule has 0 aliphatic carbocycles. The predicted octanol–water partition coefficient (Wildman–Crippen LogP) is 1.53. The standard InChI is InChI=1S/C12H17N3S/c13-14-9-11-2-1-3-12(8-11)10-15-4-6-16-7-5-15/h1-3,8-9H,4-7,10,13H2. The summed E-state index contributed by atoms with van der Waals surface area (Å²) in [5, 5.41) is 3.55. The lowest BCUT2D eigenvalue weighted by Gasteiger charge is -2.26. The van der Waals surface area contributed by atoms with E-state index < -0.39 is 0 Å². The van der Waals surface area contributed by atoms with E-state index in [1.54, 1.807) is 6.21 Å². The van der Waals surface area contributed by atoms with Crippen LogP contribution in [0.25, 0.3) is 0 Å². The molecule has 1 aromatic rings. The summed E-state index contributed by atoms with van der Waals surface area (Å²) in [6.07, 6.45) is 1.69. The highest BCUT2D eigenvalue weighted by atomic mass is 32.2. The third-order valence-electron chi connectivity index (χ3n) is 2.68. The first-order chi connectivity index (χ1) is 7.88. The number of hydrogen-bond donors (Lipinski definition) is 1. The van der Waals surface area contributed by atoms with Crippen molar-refractivity contribution in [2.24, 2.45) is 10.9 Å². The second-order valence-corrected chi connectivity index (χ2v) is 5.14. The van der Waals surface area contributed by atoms with Gasteiger partial charge in [-0.2, -0.15) is 16.9 Å². The van der Waals surface area contributed by atoms with Gasteiger partial charge in [-0.25, -0.2) is 0 Å². The van der Waals surface area contributed by atoms with Crippen LogP contribution in [-0.4, -0.2) is 35.7 Å². The Labute approximate surface area is 101 Å². The van der Waals surface area contributed by atoms with Gasteiger partial charge in [-0.05, 0) is 17.2 Å². The van der Waals surface area contributed by atoms with Gasteiger partial charge in [0.05, 0.1) is 6.21 Å². The molecular formula is C12H17N3S. The Morgan fingerprint density at radius 1 is 1.38 bits per heavy atom. The van der Waals surface area contributed by atoms with Crippen molar-refractivity contribution in [3.05, 3.63) is 35.4 Å². The van der Waals surface area contributed by atoms with E-state index in [1.165, 1.54) is 30.2 Å². The number of hydrogen-bond acceptors (Lipinski definition) is 4. The molecule has 1 aromatic carbocycles. The topological polar surface area (TPSA) is 41.6 Å². The van der Waals surface area contributed by atoms with E-state index in [-0.39, 0.29) is 0 Å². The number of thioether (sulfide) groups is 1. The Kier molecular flexibility index (Phi) is 4.25. The maximum absolute atomic E-state index is 5.15. The molecule has 1 aliphatic heterocycles. The van der Waals surface area contributed by atoms with Gasteiger partial charge in [-0.1, -0.05) is 18.2 Å². The molecule has 86 valence electrons. The minimum Gasteiger partial charge on any atom is -0.323 e. The van der Waals surface area contributed by atoms with Crippen molar-refractivity contribution < 1.29 is 0 Å². The van der Waals surface area contributed by atoms with Crippen LogP contribution >= 0.6 is 11.8 Å². The molecular weight excluding hydrogens is 218 g/mol. The summed E-state index contributed by atoms with van der Waals surface area (Å²) in [6.45, 7) is 3.42. The molecule has 0 radical (unpaired) electrons. The second-order valence-electron chi connectivity index (χ2n) is 3.91. The normalized spacial score (nSPS) is 18.0. The first kappa shape index (κ1) is 11.5. The fourth-order valence-electron chi connectivity index (χ4n) is 1.88. The number of rotatable bonds is 3. The molecule has 3 nitrogen and oxygen atoms in total. The van der Waals surface area contributed by atoms with E-state index in [0.29, 0.717) is 0 Å². The van der Waals surface area contributed by atoms with Crippen molar-refractivity contribution in [1.82, 2.24) is 4.90 Å². The first-order valence-electron chi connectivity index (χ1n) is 5.51. The molecule has 2 N–H and O–H groups in total. The van der Waals surface area contributed by atoms with Gasteiger partial charge in [0.25, 0.3) is 0 Å². The van der Waals surface area contributed by atoms with E-state index in [4.69, 9.17) is 5.84 Å². The highest BCUT2D eigenvalue weighted by Crippen LogP contribution is 2.13. The van der Waals surface area contributed by atoms with Gasteiger partial charge in [0, 0.05) is 31.1 Å². The molecule has 0 saturated carbocycles. The number of hydrazone groups is 1. The summed E-state index contributed by atoms with van der Waals surface area (Å²) in [5.74, 6) is 7.66. The summed E-state index contributed by atoms with van der Waals surface area (Å²) >= 11 is 2.04. The number of benzene rings is 1. The molecule has 0 unspecified atom stereocenters. The molecule has 1 aliphatic rings. The molecule has 2 rings (SSSR count). The van der Waals surface area contributed by atoms with Crippen LogP contribution in [-0.2, 0) is 6.54 Å². The Morgan fingerprint density at radius 3 is 2.94 bits per heavy atom. The van der Waals surface area contributed by atoms with E-state index in [1.807, 2.05) is 17.8 Å². The average Bonchev–Trinajstić information content (AvgIpc) is 2.31. The summed E-state index contributed by atoms with van der Waals surface area (Å²) in [7, 11) is 0. The molecule has 0 aromatic heterocycles. The van der Waals surface area contributed by atoms with Gasteiger partial charge in [0.2, 0.25) is 0 Å². The van der Waals surface area contributed by atoms with Gasteiger partial charge in [-0.3, -0.25) is 4.90 Å². The second kappa shape index (κ2) is 5.92. The molecule has 16 heavy (non-hydrogen) atoms. The Hall–Kier alpha value is -1.00. The zero-order chi connectivity index (χ0) is 11.2. The minimum absolute atomic E-state index is 1.03. The van der Waals surface area contributed by atoms with Crippen molar-refractivity contribution in [2.75, 3.05) is 24.6 Å². The van der Waals surface area contributed by atoms with E-state index in [9.17, 15) is 0 Å². The Morgan fingerprint density at radius 2 is 2.19 bits per heavy atom. The van der Waals surface area contributed by atoms with Crippen LogP contribution in [0.15, 0.2) is 29.4 Å². The van der Waals surface area contributed by atoms with Gasteiger partial charge in [0.15, 0.2) is 0 Å². The summed E-state index contributed by atoms with van der Waals surface area (Å²) < 4.78 is 0. The lowest BCUT2D eigenvalue weighted by molar-refractivity contribution is 0.294. The van der Waals surface area contributed by atoms with E-state index in [2.05, 4.69) is 28.2 Å². The first-order valence-corrected chi connectivity index (χ1v) is 6.66.